The molecule has 0 rings (SSSR count). The lowest BCUT2D eigenvalue weighted by Gasteiger charge is -2.17. The lowest BCUT2D eigenvalue weighted by Crippen LogP contribution is -2.25. The third-order valence-electron chi connectivity index (χ3n) is 3.46. The third-order valence-corrected chi connectivity index (χ3v) is 3.46. The van der Waals surface area contributed by atoms with E-state index in [0.717, 1.165) is 44.9 Å². The molecule has 0 aromatic heterocycles. The van der Waals surface area contributed by atoms with Crippen LogP contribution < -0.4 is 0 Å². The summed E-state index contributed by atoms with van der Waals surface area (Å²) < 4.78 is 0. The van der Waals surface area contributed by atoms with Crippen LogP contribution in [0, 0.1) is 0 Å². The van der Waals surface area contributed by atoms with Crippen molar-refractivity contribution < 1.29 is 15.3 Å². The van der Waals surface area contributed by atoms with Gasteiger partial charge in [-0.05, 0) is 19.3 Å². The Morgan fingerprint density at radius 2 is 1.11 bits per heavy atom. The summed E-state index contributed by atoms with van der Waals surface area (Å²) in [7, 11) is 0. The monoisotopic (exact) mass is 260 g/mol. The first-order valence-corrected chi connectivity index (χ1v) is 7.69. The lowest BCUT2D eigenvalue weighted by atomic mass is 10.0. The largest absolute Gasteiger partial charge is 0.396 e. The highest BCUT2D eigenvalue weighted by Crippen LogP contribution is 2.13. The van der Waals surface area contributed by atoms with Crippen LogP contribution >= 0.6 is 0 Å². The molecular formula is C15H32O3. The third kappa shape index (κ3) is 11.0. The van der Waals surface area contributed by atoms with E-state index in [-0.39, 0.29) is 6.61 Å². The van der Waals surface area contributed by atoms with Crippen LogP contribution in [-0.2, 0) is 0 Å². The van der Waals surface area contributed by atoms with Crippen molar-refractivity contribution in [3.8, 4) is 0 Å². The second kappa shape index (κ2) is 13.3. The van der Waals surface area contributed by atoms with E-state index in [1.54, 1.807) is 0 Å². The Morgan fingerprint density at radius 3 is 1.56 bits per heavy atom. The molecular weight excluding hydrogens is 228 g/mol. The molecule has 0 radical (unpaired) electrons. The van der Waals surface area contributed by atoms with E-state index in [4.69, 9.17) is 5.11 Å². The van der Waals surface area contributed by atoms with Crippen molar-refractivity contribution in [3.63, 3.8) is 0 Å². The summed E-state index contributed by atoms with van der Waals surface area (Å²) in [5, 5.41) is 28.2. The minimum absolute atomic E-state index is 0.253. The molecule has 0 saturated heterocycles. The van der Waals surface area contributed by atoms with Crippen LogP contribution in [0.3, 0.4) is 0 Å². The summed E-state index contributed by atoms with van der Waals surface area (Å²) in [4.78, 5) is 0. The van der Waals surface area contributed by atoms with Crippen LogP contribution in [0.5, 0.6) is 0 Å². The first-order chi connectivity index (χ1) is 8.72. The smallest absolute Gasteiger partial charge is 0.0799 e. The van der Waals surface area contributed by atoms with Crippen LogP contribution in [0.2, 0.25) is 0 Å². The molecule has 0 bridgehead atoms. The standard InChI is InChI=1S/C15H32O3/c1-2-3-4-5-8-11-14(17)15(18)12-9-6-7-10-13-16/h14-18H,2-13H2,1H3. The Bertz CT molecular complexity index is 144. The predicted molar refractivity (Wildman–Crippen MR) is 75.6 cm³/mol. The Hall–Kier alpha value is -0.120. The molecule has 0 spiro atoms. The minimum Gasteiger partial charge on any atom is -0.396 e. The average molecular weight is 260 g/mol. The highest BCUT2D eigenvalue weighted by molar-refractivity contribution is 4.67. The van der Waals surface area contributed by atoms with Gasteiger partial charge in [0, 0.05) is 6.61 Å². The molecule has 3 heteroatoms. The number of aliphatic hydroxyl groups is 3. The second-order valence-electron chi connectivity index (χ2n) is 5.26. The molecule has 0 aliphatic heterocycles. The number of hydrogen-bond acceptors (Lipinski definition) is 3. The van der Waals surface area contributed by atoms with Crippen molar-refractivity contribution in [2.24, 2.45) is 0 Å². The molecule has 2 atom stereocenters. The number of hydrogen-bond donors (Lipinski definition) is 3. The Balaban J connectivity index is 3.36. The van der Waals surface area contributed by atoms with Crippen molar-refractivity contribution in [1.82, 2.24) is 0 Å². The van der Waals surface area contributed by atoms with E-state index < -0.39 is 12.2 Å². The fourth-order valence-corrected chi connectivity index (χ4v) is 2.16. The SMILES string of the molecule is CCCCCCCC(O)C(O)CCCCCCO. The van der Waals surface area contributed by atoms with Crippen LogP contribution in [0.15, 0.2) is 0 Å². The summed E-state index contributed by atoms with van der Waals surface area (Å²) in [6.07, 6.45) is 10.0. The number of rotatable bonds is 13. The molecule has 2 unspecified atom stereocenters. The maximum absolute atomic E-state index is 9.79. The summed E-state index contributed by atoms with van der Waals surface area (Å²) >= 11 is 0. The van der Waals surface area contributed by atoms with Gasteiger partial charge in [0.1, 0.15) is 0 Å². The molecule has 0 aromatic rings. The molecule has 0 aliphatic rings. The lowest BCUT2D eigenvalue weighted by molar-refractivity contribution is 0.00709. The van der Waals surface area contributed by atoms with Gasteiger partial charge >= 0.3 is 0 Å². The van der Waals surface area contributed by atoms with Crippen LogP contribution in [0.4, 0.5) is 0 Å². The summed E-state index contributed by atoms with van der Waals surface area (Å²) in [5.74, 6) is 0. The number of unbranched alkanes of at least 4 members (excludes halogenated alkanes) is 7. The maximum atomic E-state index is 9.79. The quantitative estimate of drug-likeness (QED) is 0.446. The Labute approximate surface area is 112 Å². The fourth-order valence-electron chi connectivity index (χ4n) is 2.16. The highest BCUT2D eigenvalue weighted by Gasteiger charge is 2.14. The van der Waals surface area contributed by atoms with Gasteiger partial charge < -0.3 is 15.3 Å². The van der Waals surface area contributed by atoms with E-state index >= 15 is 0 Å². The molecule has 0 fully saturated rings. The van der Waals surface area contributed by atoms with Crippen molar-refractivity contribution in [2.75, 3.05) is 6.61 Å². The van der Waals surface area contributed by atoms with Gasteiger partial charge in [0.25, 0.3) is 0 Å². The minimum atomic E-state index is -0.565. The second-order valence-corrected chi connectivity index (χ2v) is 5.26. The zero-order chi connectivity index (χ0) is 13.6. The van der Waals surface area contributed by atoms with E-state index in [2.05, 4.69) is 6.92 Å². The first kappa shape index (κ1) is 17.9. The van der Waals surface area contributed by atoms with Crippen molar-refractivity contribution in [2.45, 2.75) is 89.8 Å². The maximum Gasteiger partial charge on any atom is 0.0799 e. The van der Waals surface area contributed by atoms with Gasteiger partial charge in [-0.3, -0.25) is 0 Å². The van der Waals surface area contributed by atoms with E-state index in [0.29, 0.717) is 6.42 Å². The van der Waals surface area contributed by atoms with Gasteiger partial charge in [-0.1, -0.05) is 58.3 Å². The molecule has 18 heavy (non-hydrogen) atoms. The number of aliphatic hydroxyl groups excluding tert-OH is 3. The summed E-state index contributed by atoms with van der Waals surface area (Å²) in [5.41, 5.74) is 0. The molecule has 0 heterocycles. The molecule has 3 nitrogen and oxygen atoms in total. The van der Waals surface area contributed by atoms with Gasteiger partial charge in [0.15, 0.2) is 0 Å². The van der Waals surface area contributed by atoms with Crippen LogP contribution in [0.25, 0.3) is 0 Å². The summed E-state index contributed by atoms with van der Waals surface area (Å²) in [6, 6.07) is 0. The molecule has 110 valence electrons. The summed E-state index contributed by atoms with van der Waals surface area (Å²) in [6.45, 7) is 2.44. The normalized spacial score (nSPS) is 14.7. The molecule has 0 aromatic carbocycles. The Kier molecular flexibility index (Phi) is 13.2. The topological polar surface area (TPSA) is 60.7 Å². The van der Waals surface area contributed by atoms with Gasteiger partial charge in [-0.2, -0.15) is 0 Å². The van der Waals surface area contributed by atoms with Crippen LogP contribution in [0.1, 0.15) is 77.6 Å². The highest BCUT2D eigenvalue weighted by atomic mass is 16.3. The molecule has 3 N–H and O–H groups in total. The molecule has 0 saturated carbocycles. The molecule has 0 aliphatic carbocycles. The van der Waals surface area contributed by atoms with Crippen molar-refractivity contribution in [3.05, 3.63) is 0 Å². The first-order valence-electron chi connectivity index (χ1n) is 7.69. The van der Waals surface area contributed by atoms with Crippen LogP contribution in [-0.4, -0.2) is 34.1 Å². The van der Waals surface area contributed by atoms with E-state index in [9.17, 15) is 10.2 Å². The van der Waals surface area contributed by atoms with Crippen molar-refractivity contribution in [1.29, 1.82) is 0 Å². The molecule has 0 amide bonds. The average Bonchev–Trinajstić information content (AvgIpc) is 2.37. The van der Waals surface area contributed by atoms with E-state index in [1.807, 2.05) is 0 Å². The Morgan fingerprint density at radius 1 is 0.667 bits per heavy atom. The van der Waals surface area contributed by atoms with E-state index in [1.165, 1.54) is 19.3 Å². The zero-order valence-electron chi connectivity index (χ0n) is 12.0. The van der Waals surface area contributed by atoms with Gasteiger partial charge in [0.2, 0.25) is 0 Å². The fraction of sp³-hybridized carbons (Fsp3) is 1.00. The van der Waals surface area contributed by atoms with Gasteiger partial charge in [-0.15, -0.1) is 0 Å². The van der Waals surface area contributed by atoms with Gasteiger partial charge in [-0.25, -0.2) is 0 Å². The predicted octanol–water partition coefficient (Wildman–Crippen LogP) is 3.01. The zero-order valence-corrected chi connectivity index (χ0v) is 12.0. The van der Waals surface area contributed by atoms with Crippen molar-refractivity contribution >= 4 is 0 Å². The van der Waals surface area contributed by atoms with Gasteiger partial charge in [0.05, 0.1) is 12.2 Å².